The van der Waals surface area contributed by atoms with Crippen LogP contribution in [-0.4, -0.2) is 65.8 Å². The Kier molecular flexibility index (Phi) is 3.99. The highest BCUT2D eigenvalue weighted by atomic mass is 16.6. The maximum Gasteiger partial charge on any atom is 0.269 e. The molecule has 0 N–H and O–H groups in total. The van der Waals surface area contributed by atoms with Crippen LogP contribution in [-0.2, 0) is 9.59 Å². The Bertz CT molecular complexity index is 637. The highest BCUT2D eigenvalue weighted by molar-refractivity contribution is 6.05. The molecule has 0 bridgehead atoms. The Morgan fingerprint density at radius 3 is 2.17 bits per heavy atom. The first kappa shape index (κ1) is 15.4. The Hall–Kier alpha value is -2.48. The van der Waals surface area contributed by atoms with Crippen LogP contribution in [0.3, 0.4) is 0 Å². The van der Waals surface area contributed by atoms with Crippen LogP contribution in [0.15, 0.2) is 24.3 Å². The molecular weight excluding hydrogens is 300 g/mol. The van der Waals surface area contributed by atoms with Gasteiger partial charge in [0.1, 0.15) is 0 Å². The number of amides is 2. The molecule has 1 atom stereocenters. The summed E-state index contributed by atoms with van der Waals surface area (Å²) >= 11 is 0. The molecule has 122 valence electrons. The minimum absolute atomic E-state index is 0.0745. The van der Waals surface area contributed by atoms with Crippen molar-refractivity contribution < 1.29 is 14.5 Å². The van der Waals surface area contributed by atoms with Crippen LogP contribution < -0.4 is 4.90 Å². The van der Waals surface area contributed by atoms with Crippen LogP contribution in [0, 0.1) is 10.1 Å². The number of carbonyl (C=O) groups excluding carboxylic acids is 2. The van der Waals surface area contributed by atoms with E-state index in [0.29, 0.717) is 13.1 Å². The van der Waals surface area contributed by atoms with Crippen LogP contribution in [0.2, 0.25) is 0 Å². The molecule has 1 aromatic rings. The predicted molar refractivity (Wildman–Crippen MR) is 83.1 cm³/mol. The van der Waals surface area contributed by atoms with E-state index in [2.05, 4.69) is 4.90 Å². The van der Waals surface area contributed by atoms with E-state index in [1.165, 1.54) is 24.1 Å². The SMILES string of the molecule is CN1C(=O)C[C@@H](N2CCN(c3ccc([N+](=O)[O-])cc3)CC2)C1=O. The highest BCUT2D eigenvalue weighted by Crippen LogP contribution is 2.23. The first-order valence-corrected chi connectivity index (χ1v) is 7.51. The molecule has 1 aromatic carbocycles. The molecule has 3 rings (SSSR count). The zero-order chi connectivity index (χ0) is 16.6. The van der Waals surface area contributed by atoms with Crippen LogP contribution in [0.5, 0.6) is 0 Å². The molecule has 0 spiro atoms. The van der Waals surface area contributed by atoms with E-state index in [9.17, 15) is 19.7 Å². The molecule has 8 heteroatoms. The number of anilines is 1. The van der Waals surface area contributed by atoms with Gasteiger partial charge in [0.15, 0.2) is 0 Å². The number of non-ortho nitro benzene ring substituents is 1. The quantitative estimate of drug-likeness (QED) is 0.457. The largest absolute Gasteiger partial charge is 0.369 e. The first-order chi connectivity index (χ1) is 11.0. The fourth-order valence-electron chi connectivity index (χ4n) is 3.10. The molecule has 2 saturated heterocycles. The van der Waals surface area contributed by atoms with Crippen molar-refractivity contribution in [3.8, 4) is 0 Å². The number of nitro benzene ring substituents is 1. The lowest BCUT2D eigenvalue weighted by atomic mass is 10.1. The molecule has 0 aliphatic carbocycles. The van der Waals surface area contributed by atoms with Gasteiger partial charge in [-0.1, -0.05) is 0 Å². The standard InChI is InChI=1S/C15H18N4O4/c1-16-14(20)10-13(15(16)21)18-8-6-17(7-9-18)11-2-4-12(5-3-11)19(22)23/h2-5,13H,6-10H2,1H3/t13-/m1/s1. The normalized spacial score (nSPS) is 22.7. The van der Waals surface area contributed by atoms with Gasteiger partial charge in [-0.25, -0.2) is 0 Å². The Morgan fingerprint density at radius 1 is 1.09 bits per heavy atom. The smallest absolute Gasteiger partial charge is 0.269 e. The number of imide groups is 1. The average Bonchev–Trinajstić information content (AvgIpc) is 2.83. The van der Waals surface area contributed by atoms with Crippen molar-refractivity contribution in [2.75, 3.05) is 38.1 Å². The minimum Gasteiger partial charge on any atom is -0.369 e. The molecule has 0 unspecified atom stereocenters. The number of likely N-dealkylation sites (tertiary alicyclic amines) is 1. The average molecular weight is 318 g/mol. The van der Waals surface area contributed by atoms with Crippen molar-refractivity contribution in [1.29, 1.82) is 0 Å². The number of hydrogen-bond donors (Lipinski definition) is 0. The van der Waals surface area contributed by atoms with E-state index in [1.807, 2.05) is 4.90 Å². The van der Waals surface area contributed by atoms with Crippen molar-refractivity contribution in [3.63, 3.8) is 0 Å². The van der Waals surface area contributed by atoms with Gasteiger partial charge in [-0.2, -0.15) is 0 Å². The second kappa shape index (κ2) is 5.96. The van der Waals surface area contributed by atoms with E-state index < -0.39 is 4.92 Å². The van der Waals surface area contributed by atoms with Crippen molar-refractivity contribution in [3.05, 3.63) is 34.4 Å². The molecule has 23 heavy (non-hydrogen) atoms. The molecule has 2 aliphatic heterocycles. The third-order valence-electron chi connectivity index (χ3n) is 4.54. The van der Waals surface area contributed by atoms with Gasteiger partial charge >= 0.3 is 0 Å². The molecule has 2 amide bonds. The molecule has 8 nitrogen and oxygen atoms in total. The van der Waals surface area contributed by atoms with Crippen LogP contribution in [0.25, 0.3) is 0 Å². The van der Waals surface area contributed by atoms with E-state index in [4.69, 9.17) is 0 Å². The summed E-state index contributed by atoms with van der Waals surface area (Å²) in [4.78, 5) is 39.3. The molecule has 2 heterocycles. The monoisotopic (exact) mass is 318 g/mol. The molecule has 2 aliphatic rings. The second-order valence-electron chi connectivity index (χ2n) is 5.81. The molecular formula is C15H18N4O4. The fraction of sp³-hybridized carbons (Fsp3) is 0.467. The third kappa shape index (κ3) is 2.89. The Balaban J connectivity index is 1.61. The second-order valence-corrected chi connectivity index (χ2v) is 5.81. The lowest BCUT2D eigenvalue weighted by Gasteiger charge is -2.38. The van der Waals surface area contributed by atoms with E-state index in [-0.39, 0.29) is 30.0 Å². The zero-order valence-corrected chi connectivity index (χ0v) is 12.8. The fourth-order valence-corrected chi connectivity index (χ4v) is 3.10. The summed E-state index contributed by atoms with van der Waals surface area (Å²) in [7, 11) is 1.53. The predicted octanol–water partition coefficient (Wildman–Crippen LogP) is 0.474. The van der Waals surface area contributed by atoms with Gasteiger partial charge in [0.25, 0.3) is 5.69 Å². The van der Waals surface area contributed by atoms with Crippen molar-refractivity contribution in [2.24, 2.45) is 0 Å². The van der Waals surface area contributed by atoms with Crippen molar-refractivity contribution >= 4 is 23.2 Å². The summed E-state index contributed by atoms with van der Waals surface area (Å²) in [5, 5.41) is 10.7. The summed E-state index contributed by atoms with van der Waals surface area (Å²) in [5.41, 5.74) is 1.01. The maximum atomic E-state index is 12.1. The number of piperazine rings is 1. The first-order valence-electron chi connectivity index (χ1n) is 7.51. The van der Waals surface area contributed by atoms with E-state index >= 15 is 0 Å². The van der Waals surface area contributed by atoms with Gasteiger partial charge in [-0.3, -0.25) is 29.5 Å². The summed E-state index contributed by atoms with van der Waals surface area (Å²) < 4.78 is 0. The van der Waals surface area contributed by atoms with Crippen LogP contribution in [0.1, 0.15) is 6.42 Å². The van der Waals surface area contributed by atoms with Crippen molar-refractivity contribution in [2.45, 2.75) is 12.5 Å². The highest BCUT2D eigenvalue weighted by Gasteiger charge is 2.40. The van der Waals surface area contributed by atoms with Gasteiger partial charge in [0.05, 0.1) is 17.4 Å². The number of carbonyl (C=O) groups is 2. The van der Waals surface area contributed by atoms with Gasteiger partial charge in [-0.15, -0.1) is 0 Å². The van der Waals surface area contributed by atoms with Crippen LogP contribution in [0.4, 0.5) is 11.4 Å². The summed E-state index contributed by atoms with van der Waals surface area (Å²) in [6.45, 7) is 2.82. The molecule has 2 fully saturated rings. The molecule has 0 radical (unpaired) electrons. The number of hydrogen-bond acceptors (Lipinski definition) is 6. The molecule has 0 saturated carbocycles. The number of likely N-dealkylation sites (N-methyl/N-ethyl adjacent to an activating group) is 1. The zero-order valence-electron chi connectivity index (χ0n) is 12.8. The van der Waals surface area contributed by atoms with E-state index in [1.54, 1.807) is 12.1 Å². The summed E-state index contributed by atoms with van der Waals surface area (Å²) in [5.74, 6) is -0.253. The number of nitro groups is 1. The lowest BCUT2D eigenvalue weighted by molar-refractivity contribution is -0.384. The Labute approximate surface area is 133 Å². The number of benzene rings is 1. The van der Waals surface area contributed by atoms with Gasteiger partial charge < -0.3 is 4.90 Å². The number of rotatable bonds is 3. The van der Waals surface area contributed by atoms with Crippen LogP contribution >= 0.6 is 0 Å². The van der Waals surface area contributed by atoms with Gasteiger partial charge in [-0.05, 0) is 12.1 Å². The Morgan fingerprint density at radius 2 is 1.70 bits per heavy atom. The summed E-state index contributed by atoms with van der Waals surface area (Å²) in [6, 6.07) is 6.13. The van der Waals surface area contributed by atoms with E-state index in [0.717, 1.165) is 18.8 Å². The van der Waals surface area contributed by atoms with Gasteiger partial charge in [0.2, 0.25) is 11.8 Å². The summed E-state index contributed by atoms with van der Waals surface area (Å²) in [6.07, 6.45) is 0.257. The lowest BCUT2D eigenvalue weighted by Crippen LogP contribution is -2.52. The van der Waals surface area contributed by atoms with Crippen molar-refractivity contribution in [1.82, 2.24) is 9.80 Å². The third-order valence-corrected chi connectivity index (χ3v) is 4.54. The topological polar surface area (TPSA) is 87.0 Å². The molecule has 0 aromatic heterocycles. The number of nitrogens with zero attached hydrogens (tertiary/aromatic N) is 4. The maximum absolute atomic E-state index is 12.1. The minimum atomic E-state index is -0.416. The van der Waals surface area contributed by atoms with Gasteiger partial charge in [0, 0.05) is 51.0 Å².